The number of carbonyl (C=O) groups excluding carboxylic acids is 1. The summed E-state index contributed by atoms with van der Waals surface area (Å²) in [6.45, 7) is 0. The van der Waals surface area contributed by atoms with Crippen LogP contribution in [0.4, 0.5) is 5.69 Å². The quantitative estimate of drug-likeness (QED) is 0.736. The zero-order chi connectivity index (χ0) is 16.4. The molecule has 1 amide bonds. The SMILES string of the molecule is O=C(Nc1ccc2c(C(=O)O)nccc2c1)c1cncc(Br)c1. The second kappa shape index (κ2) is 6.13. The number of amides is 1. The van der Waals surface area contributed by atoms with Crippen molar-refractivity contribution in [3.05, 3.63) is 64.7 Å². The molecule has 2 heterocycles. The van der Waals surface area contributed by atoms with Crippen LogP contribution in [0.3, 0.4) is 0 Å². The van der Waals surface area contributed by atoms with Gasteiger partial charge in [-0.1, -0.05) is 0 Å². The number of carboxylic acids is 1. The van der Waals surface area contributed by atoms with E-state index in [0.29, 0.717) is 26.5 Å². The highest BCUT2D eigenvalue weighted by Crippen LogP contribution is 2.22. The van der Waals surface area contributed by atoms with Crippen LogP contribution in [-0.4, -0.2) is 27.0 Å². The Morgan fingerprint density at radius 1 is 1.13 bits per heavy atom. The van der Waals surface area contributed by atoms with Gasteiger partial charge in [-0.05, 0) is 51.6 Å². The van der Waals surface area contributed by atoms with Crippen LogP contribution in [0.5, 0.6) is 0 Å². The number of halogens is 1. The van der Waals surface area contributed by atoms with Crippen molar-refractivity contribution in [2.75, 3.05) is 5.32 Å². The summed E-state index contributed by atoms with van der Waals surface area (Å²) in [5.74, 6) is -1.39. The predicted molar refractivity (Wildman–Crippen MR) is 88.6 cm³/mol. The van der Waals surface area contributed by atoms with E-state index < -0.39 is 5.97 Å². The minimum absolute atomic E-state index is 0.0171. The van der Waals surface area contributed by atoms with Crippen molar-refractivity contribution in [1.82, 2.24) is 9.97 Å². The standard InChI is InChI=1S/C16H10BrN3O3/c17-11-5-10(7-18-8-11)15(21)20-12-1-2-13-9(6-12)3-4-19-14(13)16(22)23/h1-8H,(H,20,21)(H,22,23). The van der Waals surface area contributed by atoms with Crippen molar-refractivity contribution in [2.45, 2.75) is 0 Å². The molecule has 0 atom stereocenters. The van der Waals surface area contributed by atoms with Gasteiger partial charge in [0.2, 0.25) is 0 Å². The Hall–Kier alpha value is -2.80. The molecule has 0 saturated heterocycles. The first kappa shape index (κ1) is 15.1. The van der Waals surface area contributed by atoms with Crippen molar-refractivity contribution in [3.8, 4) is 0 Å². The van der Waals surface area contributed by atoms with Crippen LogP contribution in [0, 0.1) is 0 Å². The smallest absolute Gasteiger partial charge is 0.355 e. The van der Waals surface area contributed by atoms with Gasteiger partial charge in [0, 0.05) is 34.1 Å². The largest absolute Gasteiger partial charge is 0.476 e. The molecule has 6 nitrogen and oxygen atoms in total. The van der Waals surface area contributed by atoms with E-state index in [1.165, 1.54) is 12.4 Å². The number of fused-ring (bicyclic) bond motifs is 1. The maximum Gasteiger partial charge on any atom is 0.355 e. The molecule has 0 aliphatic rings. The fourth-order valence-corrected chi connectivity index (χ4v) is 2.53. The lowest BCUT2D eigenvalue weighted by Gasteiger charge is -2.07. The topological polar surface area (TPSA) is 92.2 Å². The van der Waals surface area contributed by atoms with Crippen LogP contribution in [-0.2, 0) is 0 Å². The Balaban J connectivity index is 1.92. The molecule has 0 fully saturated rings. The zero-order valence-corrected chi connectivity index (χ0v) is 13.2. The highest BCUT2D eigenvalue weighted by Gasteiger charge is 2.11. The van der Waals surface area contributed by atoms with Gasteiger partial charge < -0.3 is 10.4 Å². The summed E-state index contributed by atoms with van der Waals surface area (Å²) in [5, 5.41) is 13.1. The van der Waals surface area contributed by atoms with Crippen LogP contribution in [0.2, 0.25) is 0 Å². The molecule has 1 aromatic carbocycles. The number of aromatic carboxylic acids is 1. The molecule has 2 aromatic heterocycles. The number of carboxylic acid groups (broad SMARTS) is 1. The molecule has 7 heteroatoms. The highest BCUT2D eigenvalue weighted by molar-refractivity contribution is 9.10. The number of nitrogens with zero attached hydrogens (tertiary/aromatic N) is 2. The lowest BCUT2D eigenvalue weighted by atomic mass is 10.1. The molecule has 114 valence electrons. The third-order valence-electron chi connectivity index (χ3n) is 3.19. The number of hydrogen-bond donors (Lipinski definition) is 2. The van der Waals surface area contributed by atoms with E-state index in [-0.39, 0.29) is 11.6 Å². The summed E-state index contributed by atoms with van der Waals surface area (Å²) in [6.07, 6.45) is 4.48. The normalized spacial score (nSPS) is 10.5. The third kappa shape index (κ3) is 3.19. The Bertz CT molecular complexity index is 927. The van der Waals surface area contributed by atoms with Gasteiger partial charge in [0.1, 0.15) is 0 Å². The summed E-state index contributed by atoms with van der Waals surface area (Å²) in [4.78, 5) is 31.2. The highest BCUT2D eigenvalue weighted by atomic mass is 79.9. The second-order valence-corrected chi connectivity index (χ2v) is 5.66. The summed E-state index contributed by atoms with van der Waals surface area (Å²) < 4.78 is 0.709. The van der Waals surface area contributed by atoms with Gasteiger partial charge >= 0.3 is 5.97 Å². The Morgan fingerprint density at radius 2 is 1.96 bits per heavy atom. The monoisotopic (exact) mass is 371 g/mol. The number of carbonyl (C=O) groups is 2. The lowest BCUT2D eigenvalue weighted by molar-refractivity contribution is 0.0692. The number of benzene rings is 1. The number of rotatable bonds is 3. The fourth-order valence-electron chi connectivity index (χ4n) is 2.17. The van der Waals surface area contributed by atoms with Crippen LogP contribution in [0.25, 0.3) is 10.8 Å². The van der Waals surface area contributed by atoms with E-state index in [9.17, 15) is 9.59 Å². The van der Waals surface area contributed by atoms with Gasteiger partial charge in [-0.3, -0.25) is 9.78 Å². The first-order valence-corrected chi connectivity index (χ1v) is 7.38. The number of nitrogens with one attached hydrogen (secondary N) is 1. The van der Waals surface area contributed by atoms with Gasteiger partial charge in [0.15, 0.2) is 5.69 Å². The van der Waals surface area contributed by atoms with E-state index in [2.05, 4.69) is 31.2 Å². The molecule has 3 aromatic rings. The molecule has 0 aliphatic carbocycles. The van der Waals surface area contributed by atoms with Crippen LogP contribution in [0.1, 0.15) is 20.8 Å². The number of hydrogen-bond acceptors (Lipinski definition) is 4. The first-order valence-electron chi connectivity index (χ1n) is 6.58. The van der Waals surface area contributed by atoms with Crippen molar-refractivity contribution in [1.29, 1.82) is 0 Å². The molecule has 23 heavy (non-hydrogen) atoms. The number of pyridine rings is 2. The maximum atomic E-state index is 12.2. The molecule has 3 rings (SSSR count). The zero-order valence-electron chi connectivity index (χ0n) is 11.7. The Labute approximate surface area is 139 Å². The minimum atomic E-state index is -1.09. The summed E-state index contributed by atoms with van der Waals surface area (Å²) in [5.41, 5.74) is 0.960. The summed E-state index contributed by atoms with van der Waals surface area (Å²) >= 11 is 3.26. The van der Waals surface area contributed by atoms with Gasteiger partial charge in [-0.2, -0.15) is 0 Å². The molecule has 0 saturated carbocycles. The van der Waals surface area contributed by atoms with Crippen LogP contribution in [0.15, 0.2) is 53.4 Å². The van der Waals surface area contributed by atoms with E-state index in [1.54, 1.807) is 36.5 Å². The fraction of sp³-hybridized carbons (Fsp3) is 0. The van der Waals surface area contributed by atoms with E-state index in [1.807, 2.05) is 0 Å². The maximum absolute atomic E-state index is 12.2. The van der Waals surface area contributed by atoms with Crippen LogP contribution < -0.4 is 5.32 Å². The Kier molecular flexibility index (Phi) is 4.03. The van der Waals surface area contributed by atoms with Gasteiger partial charge in [-0.15, -0.1) is 0 Å². The van der Waals surface area contributed by atoms with Gasteiger partial charge in [-0.25, -0.2) is 9.78 Å². The van der Waals surface area contributed by atoms with Crippen molar-refractivity contribution in [2.24, 2.45) is 0 Å². The first-order chi connectivity index (χ1) is 11.0. The van der Waals surface area contributed by atoms with E-state index in [4.69, 9.17) is 5.11 Å². The molecule has 0 unspecified atom stereocenters. The van der Waals surface area contributed by atoms with E-state index in [0.717, 1.165) is 0 Å². The second-order valence-electron chi connectivity index (χ2n) is 4.75. The molecule has 2 N–H and O–H groups in total. The van der Waals surface area contributed by atoms with Crippen molar-refractivity contribution < 1.29 is 14.7 Å². The summed E-state index contributed by atoms with van der Waals surface area (Å²) in [7, 11) is 0. The molecule has 0 spiro atoms. The Morgan fingerprint density at radius 3 is 2.70 bits per heavy atom. The predicted octanol–water partition coefficient (Wildman–Crippen LogP) is 3.34. The molecule has 0 radical (unpaired) electrons. The van der Waals surface area contributed by atoms with Crippen LogP contribution >= 0.6 is 15.9 Å². The lowest BCUT2D eigenvalue weighted by Crippen LogP contribution is -2.12. The van der Waals surface area contributed by atoms with Crippen molar-refractivity contribution >= 4 is 44.3 Å². The average Bonchev–Trinajstić information content (AvgIpc) is 2.54. The van der Waals surface area contributed by atoms with Gasteiger partial charge in [0.05, 0.1) is 5.56 Å². The van der Waals surface area contributed by atoms with E-state index >= 15 is 0 Å². The van der Waals surface area contributed by atoms with Gasteiger partial charge in [0.25, 0.3) is 5.91 Å². The minimum Gasteiger partial charge on any atom is -0.476 e. The number of aromatic nitrogens is 2. The molecule has 0 bridgehead atoms. The number of anilines is 1. The molecule has 0 aliphatic heterocycles. The average molecular weight is 372 g/mol. The summed E-state index contributed by atoms with van der Waals surface area (Å²) in [6, 6.07) is 8.32. The van der Waals surface area contributed by atoms with Crippen molar-refractivity contribution in [3.63, 3.8) is 0 Å². The third-order valence-corrected chi connectivity index (χ3v) is 3.63. The molecular weight excluding hydrogens is 362 g/mol. The molecular formula is C16H10BrN3O3.